The minimum Gasteiger partial charge on any atom is -0.444 e. The van der Waals surface area contributed by atoms with Gasteiger partial charge in [0.1, 0.15) is 24.4 Å². The van der Waals surface area contributed by atoms with Gasteiger partial charge in [0, 0.05) is 27.6 Å². The highest BCUT2D eigenvalue weighted by Crippen LogP contribution is 2.36. The maximum atomic E-state index is 12.4. The highest BCUT2D eigenvalue weighted by molar-refractivity contribution is 5.87. The molecule has 1 atom stereocenters. The van der Waals surface area contributed by atoms with Crippen molar-refractivity contribution in [1.82, 2.24) is 0 Å². The summed E-state index contributed by atoms with van der Waals surface area (Å²) in [4.78, 5) is 13.8. The van der Waals surface area contributed by atoms with Gasteiger partial charge in [-0.05, 0) is 44.2 Å². The first-order chi connectivity index (χ1) is 13.2. The Morgan fingerprint density at radius 1 is 1.07 bits per heavy atom. The standard InChI is InChI=1S/C23H23NO3/c1-15-21-17(13-24(14-26-21)12-16-7-3-2-4-8-16)11-20-18-9-5-6-10-19(18)23(25)27-22(15)20/h2-4,7-8,11H,5-6,9-10,12-14H2,1H3/p+1. The van der Waals surface area contributed by atoms with E-state index in [9.17, 15) is 4.79 Å². The Labute approximate surface area is 158 Å². The van der Waals surface area contributed by atoms with Gasteiger partial charge < -0.3 is 9.15 Å². The van der Waals surface area contributed by atoms with Crippen LogP contribution in [0.5, 0.6) is 5.75 Å². The largest absolute Gasteiger partial charge is 0.444 e. The molecule has 1 aliphatic carbocycles. The maximum Gasteiger partial charge on any atom is 0.339 e. The molecule has 2 aromatic carbocycles. The average molecular weight is 362 g/mol. The molecule has 0 radical (unpaired) electrons. The number of fused-ring (bicyclic) bond motifs is 4. The van der Waals surface area contributed by atoms with Crippen LogP contribution in [0.3, 0.4) is 0 Å². The maximum absolute atomic E-state index is 12.4. The van der Waals surface area contributed by atoms with Gasteiger partial charge in [0.05, 0.1) is 0 Å². The van der Waals surface area contributed by atoms with E-state index in [-0.39, 0.29) is 5.63 Å². The van der Waals surface area contributed by atoms with Gasteiger partial charge in [-0.1, -0.05) is 30.3 Å². The Morgan fingerprint density at radius 3 is 2.67 bits per heavy atom. The van der Waals surface area contributed by atoms with Crippen LogP contribution in [0, 0.1) is 6.92 Å². The molecule has 27 heavy (non-hydrogen) atoms. The fourth-order valence-electron chi connectivity index (χ4n) is 4.61. The van der Waals surface area contributed by atoms with Crippen LogP contribution < -0.4 is 15.3 Å². The molecule has 4 nitrogen and oxygen atoms in total. The molecule has 0 fully saturated rings. The summed E-state index contributed by atoms with van der Waals surface area (Å²) in [5.41, 5.74) is 6.15. The number of hydrogen-bond donors (Lipinski definition) is 1. The first-order valence-corrected chi connectivity index (χ1v) is 9.82. The number of aryl methyl sites for hydroxylation is 2. The summed E-state index contributed by atoms with van der Waals surface area (Å²) in [6.07, 6.45) is 4.03. The molecule has 0 saturated heterocycles. The second-order valence-corrected chi connectivity index (χ2v) is 7.80. The van der Waals surface area contributed by atoms with E-state index >= 15 is 0 Å². The monoisotopic (exact) mass is 362 g/mol. The summed E-state index contributed by atoms with van der Waals surface area (Å²) >= 11 is 0. The predicted octanol–water partition coefficient (Wildman–Crippen LogP) is 2.92. The Bertz CT molecular complexity index is 1070. The van der Waals surface area contributed by atoms with Gasteiger partial charge >= 0.3 is 5.63 Å². The zero-order chi connectivity index (χ0) is 18.4. The third-order valence-corrected chi connectivity index (χ3v) is 5.93. The summed E-state index contributed by atoms with van der Waals surface area (Å²) in [5.74, 6) is 0.901. The Kier molecular flexibility index (Phi) is 4.01. The zero-order valence-electron chi connectivity index (χ0n) is 15.6. The first-order valence-electron chi connectivity index (χ1n) is 9.82. The molecule has 1 N–H and O–H groups in total. The molecule has 1 aliphatic heterocycles. The average Bonchev–Trinajstić information content (AvgIpc) is 2.70. The summed E-state index contributed by atoms with van der Waals surface area (Å²) in [5, 5.41) is 1.12. The second-order valence-electron chi connectivity index (χ2n) is 7.80. The molecule has 0 spiro atoms. The van der Waals surface area contributed by atoms with Crippen molar-refractivity contribution in [3.63, 3.8) is 0 Å². The van der Waals surface area contributed by atoms with E-state index in [2.05, 4.69) is 30.3 Å². The Balaban J connectivity index is 1.57. The van der Waals surface area contributed by atoms with Crippen LogP contribution in [0.1, 0.15) is 40.7 Å². The van der Waals surface area contributed by atoms with Crippen molar-refractivity contribution >= 4 is 11.0 Å². The lowest BCUT2D eigenvalue weighted by Crippen LogP contribution is -3.10. The molecule has 0 saturated carbocycles. The van der Waals surface area contributed by atoms with Crippen LogP contribution in [-0.4, -0.2) is 6.73 Å². The van der Waals surface area contributed by atoms with Crippen LogP contribution in [0.4, 0.5) is 0 Å². The van der Waals surface area contributed by atoms with E-state index in [0.29, 0.717) is 12.3 Å². The molecule has 5 rings (SSSR count). The molecule has 4 heteroatoms. The van der Waals surface area contributed by atoms with E-state index in [0.717, 1.165) is 61.0 Å². The van der Waals surface area contributed by atoms with Crippen LogP contribution in [-0.2, 0) is 25.9 Å². The van der Waals surface area contributed by atoms with Gasteiger partial charge in [-0.25, -0.2) is 4.79 Å². The number of hydrogen-bond acceptors (Lipinski definition) is 3. The fourth-order valence-corrected chi connectivity index (χ4v) is 4.61. The van der Waals surface area contributed by atoms with E-state index < -0.39 is 0 Å². The third kappa shape index (κ3) is 2.85. The molecule has 2 heterocycles. The Hall–Kier alpha value is -2.59. The van der Waals surface area contributed by atoms with Crippen molar-refractivity contribution < 1.29 is 14.1 Å². The predicted molar refractivity (Wildman–Crippen MR) is 104 cm³/mol. The number of nitrogens with one attached hydrogen (secondary N) is 1. The van der Waals surface area contributed by atoms with Gasteiger partial charge in [-0.3, -0.25) is 4.90 Å². The van der Waals surface area contributed by atoms with Crippen LogP contribution in [0.25, 0.3) is 11.0 Å². The summed E-state index contributed by atoms with van der Waals surface area (Å²) in [6.45, 7) is 4.51. The summed E-state index contributed by atoms with van der Waals surface area (Å²) in [6, 6.07) is 12.8. The number of quaternary nitrogens is 1. The lowest BCUT2D eigenvalue weighted by molar-refractivity contribution is -0.945. The smallest absolute Gasteiger partial charge is 0.339 e. The van der Waals surface area contributed by atoms with Gasteiger partial charge in [0.15, 0.2) is 0 Å². The highest BCUT2D eigenvalue weighted by Gasteiger charge is 2.27. The van der Waals surface area contributed by atoms with E-state index in [1.165, 1.54) is 21.6 Å². The number of ether oxygens (including phenoxy) is 1. The highest BCUT2D eigenvalue weighted by atomic mass is 16.5. The van der Waals surface area contributed by atoms with Gasteiger partial charge in [-0.15, -0.1) is 0 Å². The van der Waals surface area contributed by atoms with Crippen molar-refractivity contribution in [2.45, 2.75) is 45.7 Å². The molecule has 0 bridgehead atoms. The normalized spacial score (nSPS) is 18.6. The van der Waals surface area contributed by atoms with Crippen molar-refractivity contribution in [2.75, 3.05) is 6.73 Å². The van der Waals surface area contributed by atoms with Crippen LogP contribution >= 0.6 is 0 Å². The fraction of sp³-hybridized carbons (Fsp3) is 0.348. The molecule has 3 aromatic rings. The van der Waals surface area contributed by atoms with Gasteiger partial charge in [0.25, 0.3) is 0 Å². The molecule has 0 amide bonds. The van der Waals surface area contributed by atoms with Crippen LogP contribution in [0.2, 0.25) is 0 Å². The van der Waals surface area contributed by atoms with Crippen molar-refractivity contribution in [2.24, 2.45) is 0 Å². The van der Waals surface area contributed by atoms with Crippen molar-refractivity contribution in [3.05, 3.63) is 74.6 Å². The molecule has 1 unspecified atom stereocenters. The molecular weight excluding hydrogens is 338 g/mol. The Morgan fingerprint density at radius 2 is 1.85 bits per heavy atom. The summed E-state index contributed by atoms with van der Waals surface area (Å²) in [7, 11) is 0. The van der Waals surface area contributed by atoms with Crippen molar-refractivity contribution in [3.8, 4) is 5.75 Å². The molecule has 138 valence electrons. The lowest BCUT2D eigenvalue weighted by Gasteiger charge is -2.28. The van der Waals surface area contributed by atoms with E-state index in [1.807, 2.05) is 13.0 Å². The first kappa shape index (κ1) is 16.6. The minimum atomic E-state index is -0.160. The lowest BCUT2D eigenvalue weighted by atomic mass is 9.89. The summed E-state index contributed by atoms with van der Waals surface area (Å²) < 4.78 is 11.9. The van der Waals surface area contributed by atoms with Crippen LogP contribution in [0.15, 0.2) is 45.6 Å². The third-order valence-electron chi connectivity index (χ3n) is 5.93. The zero-order valence-corrected chi connectivity index (χ0v) is 15.6. The molecular formula is C23H24NO3+. The van der Waals surface area contributed by atoms with Gasteiger partial charge in [-0.2, -0.15) is 0 Å². The topological polar surface area (TPSA) is 43.9 Å². The van der Waals surface area contributed by atoms with E-state index in [4.69, 9.17) is 9.15 Å². The molecule has 1 aromatic heterocycles. The second kappa shape index (κ2) is 6.54. The minimum absolute atomic E-state index is 0.160. The quantitative estimate of drug-likeness (QED) is 0.713. The van der Waals surface area contributed by atoms with E-state index in [1.54, 1.807) is 0 Å². The number of rotatable bonds is 2. The van der Waals surface area contributed by atoms with Crippen molar-refractivity contribution in [1.29, 1.82) is 0 Å². The SMILES string of the molecule is Cc1c2c(cc3c4c(c(=O)oc13)CCCC4)C[NH+](Cc1ccccc1)CO2. The number of benzene rings is 2. The molecule has 2 aliphatic rings. The van der Waals surface area contributed by atoms with Gasteiger partial charge in [0.2, 0.25) is 6.73 Å².